The minimum absolute atomic E-state index is 0.145. The van der Waals surface area contributed by atoms with E-state index >= 15 is 0 Å². The van der Waals surface area contributed by atoms with Crippen molar-refractivity contribution in [2.75, 3.05) is 13.2 Å². The molecular formula is C21H25ClN2O3. The zero-order valence-corrected chi connectivity index (χ0v) is 16.6. The normalized spacial score (nSPS) is 11.6. The van der Waals surface area contributed by atoms with Crippen LogP contribution in [0.2, 0.25) is 5.02 Å². The molecule has 1 N–H and O–H groups in total. The second-order valence-electron chi connectivity index (χ2n) is 6.33. The molecule has 0 aliphatic carbocycles. The zero-order chi connectivity index (χ0) is 19.8. The van der Waals surface area contributed by atoms with E-state index in [1.54, 1.807) is 25.1 Å². The van der Waals surface area contributed by atoms with Crippen LogP contribution in [-0.2, 0) is 16.1 Å². The van der Waals surface area contributed by atoms with Crippen molar-refractivity contribution >= 4 is 23.4 Å². The van der Waals surface area contributed by atoms with Gasteiger partial charge in [-0.1, -0.05) is 35.9 Å². The summed E-state index contributed by atoms with van der Waals surface area (Å²) in [5.74, 6) is 0.149. The summed E-state index contributed by atoms with van der Waals surface area (Å²) in [6, 6.07) is 14.1. The molecule has 27 heavy (non-hydrogen) atoms. The van der Waals surface area contributed by atoms with Gasteiger partial charge in [0.2, 0.25) is 5.91 Å². The Hall–Kier alpha value is -2.53. The van der Waals surface area contributed by atoms with Gasteiger partial charge in [0.25, 0.3) is 5.91 Å². The lowest BCUT2D eigenvalue weighted by atomic mass is 10.1. The number of aryl methyl sites for hydroxylation is 1. The Balaban J connectivity index is 2.14. The van der Waals surface area contributed by atoms with E-state index in [1.165, 1.54) is 4.90 Å². The number of likely N-dealkylation sites (N-methyl/N-ethyl adjacent to an activating group) is 1. The first-order valence-corrected chi connectivity index (χ1v) is 9.29. The minimum atomic E-state index is -0.627. The minimum Gasteiger partial charge on any atom is -0.484 e. The summed E-state index contributed by atoms with van der Waals surface area (Å²) in [5, 5.41) is 3.34. The van der Waals surface area contributed by atoms with E-state index in [2.05, 4.69) is 5.32 Å². The molecule has 6 heteroatoms. The van der Waals surface area contributed by atoms with Crippen molar-refractivity contribution in [1.82, 2.24) is 10.2 Å². The topological polar surface area (TPSA) is 58.6 Å². The summed E-state index contributed by atoms with van der Waals surface area (Å²) in [7, 11) is 0. The van der Waals surface area contributed by atoms with Gasteiger partial charge >= 0.3 is 0 Å². The molecular weight excluding hydrogens is 364 g/mol. The smallest absolute Gasteiger partial charge is 0.261 e. The summed E-state index contributed by atoms with van der Waals surface area (Å²) in [4.78, 5) is 26.6. The molecule has 2 amide bonds. The second kappa shape index (κ2) is 9.97. The number of nitrogens with one attached hydrogen (secondary N) is 1. The maximum atomic E-state index is 12.8. The molecule has 0 saturated carbocycles. The summed E-state index contributed by atoms with van der Waals surface area (Å²) >= 11 is 6.05. The van der Waals surface area contributed by atoms with E-state index in [0.29, 0.717) is 17.3 Å². The summed E-state index contributed by atoms with van der Waals surface area (Å²) < 4.78 is 5.63. The fourth-order valence-electron chi connectivity index (χ4n) is 2.67. The standard InChI is InChI=1S/C21H25ClN2O3/c1-4-23-21(26)16(3)24(13-17-8-6-9-18(22)12-17)20(25)14-27-19-10-5-7-15(2)11-19/h5-12,16H,4,13-14H2,1-3H3,(H,23,26)/t16-/m1/s1. The predicted molar refractivity (Wildman–Crippen MR) is 107 cm³/mol. The van der Waals surface area contributed by atoms with Crippen molar-refractivity contribution in [2.24, 2.45) is 0 Å². The Morgan fingerprint density at radius 2 is 1.93 bits per heavy atom. The lowest BCUT2D eigenvalue weighted by Crippen LogP contribution is -2.49. The van der Waals surface area contributed by atoms with E-state index < -0.39 is 6.04 Å². The number of benzene rings is 2. The van der Waals surface area contributed by atoms with Gasteiger partial charge in [-0.25, -0.2) is 0 Å². The van der Waals surface area contributed by atoms with Crippen LogP contribution in [0.25, 0.3) is 0 Å². The molecule has 2 aromatic rings. The SMILES string of the molecule is CCNC(=O)[C@@H](C)N(Cc1cccc(Cl)c1)C(=O)COc1cccc(C)c1. The summed E-state index contributed by atoms with van der Waals surface area (Å²) in [6.07, 6.45) is 0. The number of carbonyl (C=O) groups is 2. The van der Waals surface area contributed by atoms with Gasteiger partial charge in [0.1, 0.15) is 11.8 Å². The third kappa shape index (κ3) is 6.29. The number of amides is 2. The monoisotopic (exact) mass is 388 g/mol. The van der Waals surface area contributed by atoms with Crippen LogP contribution in [0, 0.1) is 6.92 Å². The number of carbonyl (C=O) groups excluding carboxylic acids is 2. The number of hydrogen-bond donors (Lipinski definition) is 1. The van der Waals surface area contributed by atoms with Crippen LogP contribution in [0.4, 0.5) is 0 Å². The van der Waals surface area contributed by atoms with Crippen molar-refractivity contribution in [3.8, 4) is 5.75 Å². The van der Waals surface area contributed by atoms with Gasteiger partial charge < -0.3 is 15.0 Å². The van der Waals surface area contributed by atoms with Crippen LogP contribution in [0.1, 0.15) is 25.0 Å². The van der Waals surface area contributed by atoms with E-state index in [0.717, 1.165) is 11.1 Å². The summed E-state index contributed by atoms with van der Waals surface area (Å²) in [5.41, 5.74) is 1.90. The highest BCUT2D eigenvalue weighted by atomic mass is 35.5. The van der Waals surface area contributed by atoms with Crippen molar-refractivity contribution in [3.05, 3.63) is 64.7 Å². The van der Waals surface area contributed by atoms with Crippen LogP contribution in [0.5, 0.6) is 5.75 Å². The number of halogens is 1. The first kappa shape index (κ1) is 20.8. The second-order valence-corrected chi connectivity index (χ2v) is 6.76. The Labute approximate surface area is 165 Å². The molecule has 0 fully saturated rings. The molecule has 2 rings (SSSR count). The van der Waals surface area contributed by atoms with E-state index in [4.69, 9.17) is 16.3 Å². The predicted octanol–water partition coefficient (Wildman–Crippen LogP) is 3.58. The van der Waals surface area contributed by atoms with Gasteiger partial charge in [-0.05, 0) is 56.2 Å². The average molecular weight is 389 g/mol. The number of hydrogen-bond acceptors (Lipinski definition) is 3. The fraction of sp³-hybridized carbons (Fsp3) is 0.333. The van der Waals surface area contributed by atoms with Crippen molar-refractivity contribution in [2.45, 2.75) is 33.4 Å². The number of rotatable bonds is 8. The molecule has 0 aliphatic rings. The molecule has 0 heterocycles. The lowest BCUT2D eigenvalue weighted by Gasteiger charge is -2.28. The van der Waals surface area contributed by atoms with Crippen LogP contribution >= 0.6 is 11.6 Å². The highest BCUT2D eigenvalue weighted by Crippen LogP contribution is 2.16. The molecule has 5 nitrogen and oxygen atoms in total. The summed E-state index contributed by atoms with van der Waals surface area (Å²) in [6.45, 7) is 6.14. The van der Waals surface area contributed by atoms with Crippen LogP contribution in [-0.4, -0.2) is 35.9 Å². The highest BCUT2D eigenvalue weighted by molar-refractivity contribution is 6.30. The average Bonchev–Trinajstić information content (AvgIpc) is 2.64. The van der Waals surface area contributed by atoms with Gasteiger partial charge in [0.05, 0.1) is 0 Å². The van der Waals surface area contributed by atoms with E-state index in [9.17, 15) is 9.59 Å². The molecule has 0 saturated heterocycles. The number of nitrogens with zero attached hydrogens (tertiary/aromatic N) is 1. The maximum Gasteiger partial charge on any atom is 0.261 e. The van der Waals surface area contributed by atoms with Gasteiger partial charge in [0, 0.05) is 18.1 Å². The highest BCUT2D eigenvalue weighted by Gasteiger charge is 2.26. The van der Waals surface area contributed by atoms with E-state index in [-0.39, 0.29) is 25.0 Å². The van der Waals surface area contributed by atoms with E-state index in [1.807, 2.05) is 44.2 Å². The zero-order valence-electron chi connectivity index (χ0n) is 15.9. The van der Waals surface area contributed by atoms with Gasteiger partial charge in [-0.2, -0.15) is 0 Å². The molecule has 0 bridgehead atoms. The Bertz CT molecular complexity index is 795. The third-order valence-corrected chi connectivity index (χ3v) is 4.35. The molecule has 1 atom stereocenters. The van der Waals surface area contributed by atoms with Crippen molar-refractivity contribution < 1.29 is 14.3 Å². The van der Waals surface area contributed by atoms with Crippen molar-refractivity contribution in [3.63, 3.8) is 0 Å². The Kier molecular flexibility index (Phi) is 7.67. The molecule has 0 radical (unpaired) electrons. The molecule has 0 unspecified atom stereocenters. The fourth-order valence-corrected chi connectivity index (χ4v) is 2.88. The lowest BCUT2D eigenvalue weighted by molar-refractivity contribution is -0.142. The quantitative estimate of drug-likeness (QED) is 0.751. The van der Waals surface area contributed by atoms with Gasteiger partial charge in [-0.3, -0.25) is 9.59 Å². The molecule has 2 aromatic carbocycles. The Morgan fingerprint density at radius 3 is 2.59 bits per heavy atom. The third-order valence-electron chi connectivity index (χ3n) is 4.11. The van der Waals surface area contributed by atoms with Crippen LogP contribution in [0.15, 0.2) is 48.5 Å². The van der Waals surface area contributed by atoms with Crippen molar-refractivity contribution in [1.29, 1.82) is 0 Å². The molecule has 0 aliphatic heterocycles. The molecule has 0 aromatic heterocycles. The molecule has 144 valence electrons. The first-order chi connectivity index (χ1) is 12.9. The van der Waals surface area contributed by atoms with Crippen LogP contribution < -0.4 is 10.1 Å². The number of ether oxygens (including phenoxy) is 1. The van der Waals surface area contributed by atoms with Gasteiger partial charge in [0.15, 0.2) is 6.61 Å². The first-order valence-electron chi connectivity index (χ1n) is 8.91. The van der Waals surface area contributed by atoms with Gasteiger partial charge in [-0.15, -0.1) is 0 Å². The largest absolute Gasteiger partial charge is 0.484 e. The Morgan fingerprint density at radius 1 is 1.19 bits per heavy atom. The van der Waals surface area contributed by atoms with Crippen LogP contribution in [0.3, 0.4) is 0 Å². The maximum absolute atomic E-state index is 12.8. The molecule has 0 spiro atoms.